The first-order chi connectivity index (χ1) is 9.04. The van der Waals surface area contributed by atoms with Gasteiger partial charge in [-0.3, -0.25) is 0 Å². The molecule has 1 unspecified atom stereocenters. The predicted molar refractivity (Wildman–Crippen MR) is 75.8 cm³/mol. The number of carbonyl (C=O) groups is 1. The summed E-state index contributed by atoms with van der Waals surface area (Å²) in [6.07, 6.45) is 1.09. The molecule has 1 aromatic rings. The fraction of sp³-hybridized carbons (Fsp3) is 0.533. The summed E-state index contributed by atoms with van der Waals surface area (Å²) in [5, 5.41) is 12.3. The summed E-state index contributed by atoms with van der Waals surface area (Å²) in [6.45, 7) is 7.84. The molecule has 4 heteroatoms. The van der Waals surface area contributed by atoms with Crippen LogP contribution in [0.25, 0.3) is 0 Å². The Morgan fingerprint density at radius 1 is 1.42 bits per heavy atom. The largest absolute Gasteiger partial charge is 0.492 e. The number of ether oxygens (including phenoxy) is 1. The zero-order valence-electron chi connectivity index (χ0n) is 11.8. The van der Waals surface area contributed by atoms with Crippen LogP contribution in [0.4, 0.5) is 0 Å². The van der Waals surface area contributed by atoms with E-state index in [2.05, 4.69) is 26.1 Å². The summed E-state index contributed by atoms with van der Waals surface area (Å²) in [4.78, 5) is 10.8. The van der Waals surface area contributed by atoms with Crippen molar-refractivity contribution < 1.29 is 14.6 Å². The highest BCUT2D eigenvalue weighted by molar-refractivity contribution is 5.87. The second kappa shape index (κ2) is 7.79. The molecule has 0 aliphatic rings. The van der Waals surface area contributed by atoms with Gasteiger partial charge in [0.15, 0.2) is 0 Å². The van der Waals surface area contributed by atoms with Gasteiger partial charge in [0.05, 0.1) is 5.56 Å². The summed E-state index contributed by atoms with van der Waals surface area (Å²) >= 11 is 0. The number of carboxylic acid groups (broad SMARTS) is 1. The molecule has 0 heterocycles. The first kappa shape index (κ1) is 15.5. The number of rotatable bonds is 8. The van der Waals surface area contributed by atoms with E-state index in [-0.39, 0.29) is 5.56 Å². The van der Waals surface area contributed by atoms with Gasteiger partial charge in [-0.25, -0.2) is 4.79 Å². The number of nitrogens with one attached hydrogen (secondary N) is 1. The molecule has 0 radical (unpaired) electrons. The molecule has 0 saturated carbocycles. The molecule has 0 saturated heterocycles. The normalized spacial score (nSPS) is 12.4. The van der Waals surface area contributed by atoms with E-state index in [0.29, 0.717) is 24.3 Å². The molecule has 0 bridgehead atoms. The molecular weight excluding hydrogens is 242 g/mol. The third-order valence-electron chi connectivity index (χ3n) is 3.10. The van der Waals surface area contributed by atoms with Crippen molar-refractivity contribution in [1.29, 1.82) is 0 Å². The van der Waals surface area contributed by atoms with Crippen LogP contribution in [0, 0.1) is 5.92 Å². The van der Waals surface area contributed by atoms with Crippen molar-refractivity contribution in [1.82, 2.24) is 5.32 Å². The van der Waals surface area contributed by atoms with Gasteiger partial charge in [0, 0.05) is 12.6 Å². The van der Waals surface area contributed by atoms with Crippen LogP contribution in [-0.2, 0) is 0 Å². The molecule has 106 valence electrons. The van der Waals surface area contributed by atoms with Gasteiger partial charge in [-0.05, 0) is 30.5 Å². The lowest BCUT2D eigenvalue weighted by Crippen LogP contribution is -2.35. The summed E-state index contributed by atoms with van der Waals surface area (Å²) in [7, 11) is 0. The fourth-order valence-electron chi connectivity index (χ4n) is 1.98. The SMILES string of the molecule is CCC(NCCOc1cccc(C(=O)O)c1)C(C)C. The lowest BCUT2D eigenvalue weighted by Gasteiger charge is -2.20. The number of hydrogen-bond acceptors (Lipinski definition) is 3. The van der Waals surface area contributed by atoms with Crippen LogP contribution in [0.15, 0.2) is 24.3 Å². The van der Waals surface area contributed by atoms with Crippen LogP contribution in [0.1, 0.15) is 37.6 Å². The van der Waals surface area contributed by atoms with E-state index >= 15 is 0 Å². The number of hydrogen-bond donors (Lipinski definition) is 2. The van der Waals surface area contributed by atoms with E-state index in [0.717, 1.165) is 13.0 Å². The Hall–Kier alpha value is -1.55. The molecule has 0 spiro atoms. The molecule has 1 aromatic carbocycles. The van der Waals surface area contributed by atoms with E-state index in [9.17, 15) is 4.79 Å². The van der Waals surface area contributed by atoms with Crippen molar-refractivity contribution in [3.05, 3.63) is 29.8 Å². The first-order valence-electron chi connectivity index (χ1n) is 6.74. The molecule has 0 aliphatic heterocycles. The predicted octanol–water partition coefficient (Wildman–Crippen LogP) is 2.79. The van der Waals surface area contributed by atoms with Crippen molar-refractivity contribution in [2.24, 2.45) is 5.92 Å². The standard InChI is InChI=1S/C15H23NO3/c1-4-14(11(2)3)16-8-9-19-13-7-5-6-12(10-13)15(17)18/h5-7,10-11,14,16H,4,8-9H2,1-3H3,(H,17,18). The fourth-order valence-corrected chi connectivity index (χ4v) is 1.98. The van der Waals surface area contributed by atoms with Gasteiger partial charge in [0.25, 0.3) is 0 Å². The van der Waals surface area contributed by atoms with Crippen molar-refractivity contribution >= 4 is 5.97 Å². The average Bonchev–Trinajstić information content (AvgIpc) is 2.38. The van der Waals surface area contributed by atoms with E-state index in [1.165, 1.54) is 0 Å². The Morgan fingerprint density at radius 3 is 2.74 bits per heavy atom. The summed E-state index contributed by atoms with van der Waals surface area (Å²) in [6, 6.07) is 7.05. The van der Waals surface area contributed by atoms with Crippen LogP contribution in [-0.4, -0.2) is 30.3 Å². The van der Waals surface area contributed by atoms with Crippen LogP contribution in [0.2, 0.25) is 0 Å². The third kappa shape index (κ3) is 5.30. The molecule has 1 atom stereocenters. The van der Waals surface area contributed by atoms with Crippen molar-refractivity contribution in [2.75, 3.05) is 13.2 Å². The maximum atomic E-state index is 10.8. The van der Waals surface area contributed by atoms with Crippen LogP contribution in [0.5, 0.6) is 5.75 Å². The minimum absolute atomic E-state index is 0.249. The van der Waals surface area contributed by atoms with Gasteiger partial charge in [-0.15, -0.1) is 0 Å². The summed E-state index contributed by atoms with van der Waals surface area (Å²) in [5.74, 6) is 0.258. The molecule has 19 heavy (non-hydrogen) atoms. The molecular formula is C15H23NO3. The zero-order valence-corrected chi connectivity index (χ0v) is 11.8. The Morgan fingerprint density at radius 2 is 2.16 bits per heavy atom. The summed E-state index contributed by atoms with van der Waals surface area (Å²) < 4.78 is 5.55. The molecule has 1 rings (SSSR count). The van der Waals surface area contributed by atoms with Crippen LogP contribution in [0.3, 0.4) is 0 Å². The maximum absolute atomic E-state index is 10.8. The zero-order chi connectivity index (χ0) is 14.3. The average molecular weight is 265 g/mol. The molecule has 4 nitrogen and oxygen atoms in total. The lowest BCUT2D eigenvalue weighted by molar-refractivity contribution is 0.0696. The highest BCUT2D eigenvalue weighted by Gasteiger charge is 2.09. The maximum Gasteiger partial charge on any atom is 0.335 e. The van der Waals surface area contributed by atoms with E-state index in [1.54, 1.807) is 24.3 Å². The molecule has 0 aliphatic carbocycles. The van der Waals surface area contributed by atoms with E-state index < -0.39 is 5.97 Å². The minimum atomic E-state index is -0.936. The smallest absolute Gasteiger partial charge is 0.335 e. The van der Waals surface area contributed by atoms with Crippen molar-refractivity contribution in [3.63, 3.8) is 0 Å². The Kier molecular flexibility index (Phi) is 6.36. The lowest BCUT2D eigenvalue weighted by atomic mass is 10.0. The topological polar surface area (TPSA) is 58.6 Å². The highest BCUT2D eigenvalue weighted by atomic mass is 16.5. The monoisotopic (exact) mass is 265 g/mol. The Bertz CT molecular complexity index is 404. The quantitative estimate of drug-likeness (QED) is 0.710. The van der Waals surface area contributed by atoms with Gasteiger partial charge in [-0.2, -0.15) is 0 Å². The van der Waals surface area contributed by atoms with Crippen LogP contribution >= 0.6 is 0 Å². The molecule has 2 N–H and O–H groups in total. The van der Waals surface area contributed by atoms with Crippen LogP contribution < -0.4 is 10.1 Å². The molecule has 0 amide bonds. The van der Waals surface area contributed by atoms with E-state index in [1.807, 2.05) is 0 Å². The Balaban J connectivity index is 2.37. The minimum Gasteiger partial charge on any atom is -0.492 e. The van der Waals surface area contributed by atoms with Gasteiger partial charge in [-0.1, -0.05) is 26.8 Å². The first-order valence-corrected chi connectivity index (χ1v) is 6.74. The molecule has 0 fully saturated rings. The third-order valence-corrected chi connectivity index (χ3v) is 3.10. The second-order valence-corrected chi connectivity index (χ2v) is 4.89. The van der Waals surface area contributed by atoms with Crippen molar-refractivity contribution in [3.8, 4) is 5.75 Å². The number of carboxylic acids is 1. The van der Waals surface area contributed by atoms with Gasteiger partial charge < -0.3 is 15.2 Å². The summed E-state index contributed by atoms with van der Waals surface area (Å²) in [5.41, 5.74) is 0.249. The number of aromatic carboxylic acids is 1. The van der Waals surface area contributed by atoms with Gasteiger partial charge in [0.1, 0.15) is 12.4 Å². The van der Waals surface area contributed by atoms with Crippen molar-refractivity contribution in [2.45, 2.75) is 33.2 Å². The number of benzene rings is 1. The van der Waals surface area contributed by atoms with Gasteiger partial charge in [0.2, 0.25) is 0 Å². The second-order valence-electron chi connectivity index (χ2n) is 4.89. The van der Waals surface area contributed by atoms with Gasteiger partial charge >= 0.3 is 5.97 Å². The molecule has 0 aromatic heterocycles. The Labute approximate surface area is 114 Å². The van der Waals surface area contributed by atoms with E-state index in [4.69, 9.17) is 9.84 Å². The highest BCUT2D eigenvalue weighted by Crippen LogP contribution is 2.13.